The Hall–Kier alpha value is -2.42. The molecule has 3 rings (SSSR count). The van der Waals surface area contributed by atoms with E-state index in [1.54, 1.807) is 24.3 Å². The summed E-state index contributed by atoms with van der Waals surface area (Å²) in [5, 5.41) is 12.9. The van der Waals surface area contributed by atoms with Crippen LogP contribution in [0.1, 0.15) is 16.8 Å². The Labute approximate surface area is 166 Å². The van der Waals surface area contributed by atoms with Crippen molar-refractivity contribution in [2.75, 3.05) is 37.1 Å². The van der Waals surface area contributed by atoms with Gasteiger partial charge in [-0.05, 0) is 18.2 Å². The van der Waals surface area contributed by atoms with Crippen LogP contribution in [0.2, 0.25) is 10.0 Å². The highest BCUT2D eigenvalue weighted by Gasteiger charge is 2.19. The summed E-state index contributed by atoms with van der Waals surface area (Å²) in [6, 6.07) is 5.28. The summed E-state index contributed by atoms with van der Waals surface area (Å²) < 4.78 is 4.94. The van der Waals surface area contributed by atoms with E-state index in [2.05, 4.69) is 25.7 Å². The first-order chi connectivity index (χ1) is 13.1. The molecule has 0 saturated carbocycles. The largest absolute Gasteiger partial charge is 0.383 e. The molecule has 1 aliphatic heterocycles. The number of ether oxygens (including phenoxy) is 1. The van der Waals surface area contributed by atoms with Crippen molar-refractivity contribution in [2.24, 2.45) is 5.10 Å². The van der Waals surface area contributed by atoms with E-state index in [0.29, 0.717) is 53.5 Å². The molecule has 2 N–H and O–H groups in total. The van der Waals surface area contributed by atoms with Crippen molar-refractivity contribution >= 4 is 46.6 Å². The zero-order valence-electron chi connectivity index (χ0n) is 14.6. The topological polar surface area (TPSA) is 91.7 Å². The molecule has 0 aliphatic carbocycles. The van der Waals surface area contributed by atoms with E-state index in [9.17, 15) is 4.79 Å². The Kier molecular flexibility index (Phi) is 6.44. The van der Waals surface area contributed by atoms with Crippen LogP contribution in [0.15, 0.2) is 35.7 Å². The normalized spacial score (nSPS) is 13.4. The van der Waals surface area contributed by atoms with Gasteiger partial charge >= 0.3 is 0 Å². The fraction of sp³-hybridized carbons (Fsp3) is 0.294. The minimum atomic E-state index is -0.312. The van der Waals surface area contributed by atoms with Crippen LogP contribution in [0.3, 0.4) is 0 Å². The van der Waals surface area contributed by atoms with Crippen LogP contribution >= 0.6 is 23.2 Å². The lowest BCUT2D eigenvalue weighted by atomic mass is 10.3. The fourth-order valence-electron chi connectivity index (χ4n) is 2.38. The van der Waals surface area contributed by atoms with Crippen LogP contribution in [0, 0.1) is 0 Å². The van der Waals surface area contributed by atoms with E-state index < -0.39 is 0 Å². The minimum Gasteiger partial charge on any atom is -0.383 e. The number of benzene rings is 1. The van der Waals surface area contributed by atoms with E-state index in [1.165, 1.54) is 12.4 Å². The van der Waals surface area contributed by atoms with Crippen molar-refractivity contribution < 1.29 is 9.53 Å². The van der Waals surface area contributed by atoms with E-state index >= 15 is 0 Å². The molecule has 1 aromatic carbocycles. The van der Waals surface area contributed by atoms with Gasteiger partial charge in [-0.15, -0.1) is 0 Å². The van der Waals surface area contributed by atoms with Crippen molar-refractivity contribution in [3.63, 3.8) is 0 Å². The maximum absolute atomic E-state index is 12.3. The minimum absolute atomic E-state index is 0.312. The molecule has 8 nitrogen and oxygen atoms in total. The molecule has 2 aromatic rings. The number of rotatable bonds is 6. The Morgan fingerprint density at radius 2 is 2.04 bits per heavy atom. The summed E-state index contributed by atoms with van der Waals surface area (Å²) in [6.45, 7) is 1.76. The zero-order chi connectivity index (χ0) is 19.2. The van der Waals surface area contributed by atoms with E-state index in [-0.39, 0.29) is 5.91 Å². The van der Waals surface area contributed by atoms with E-state index in [4.69, 9.17) is 27.9 Å². The number of anilines is 2. The molecule has 10 heteroatoms. The van der Waals surface area contributed by atoms with Gasteiger partial charge in [-0.1, -0.05) is 23.2 Å². The molecule has 0 atom stereocenters. The van der Waals surface area contributed by atoms with Crippen LogP contribution in [0.25, 0.3) is 0 Å². The molecule has 27 heavy (non-hydrogen) atoms. The van der Waals surface area contributed by atoms with Gasteiger partial charge in [0.2, 0.25) is 5.95 Å². The molecular weight excluding hydrogens is 391 g/mol. The van der Waals surface area contributed by atoms with Crippen molar-refractivity contribution in [2.45, 2.75) is 6.42 Å². The number of amides is 1. The van der Waals surface area contributed by atoms with Crippen LogP contribution in [0.5, 0.6) is 0 Å². The van der Waals surface area contributed by atoms with Crippen molar-refractivity contribution in [1.82, 2.24) is 15.3 Å². The Bertz CT molecular complexity index is 844. The third kappa shape index (κ3) is 5.06. The first-order valence-corrected chi connectivity index (χ1v) is 8.98. The average molecular weight is 409 g/mol. The van der Waals surface area contributed by atoms with Crippen LogP contribution < -0.4 is 15.6 Å². The van der Waals surface area contributed by atoms with Crippen LogP contribution in [-0.4, -0.2) is 48.5 Å². The van der Waals surface area contributed by atoms with Gasteiger partial charge in [-0.2, -0.15) is 5.10 Å². The Balaban J connectivity index is 1.60. The summed E-state index contributed by atoms with van der Waals surface area (Å²) in [5.41, 5.74) is 1.16. The number of nitrogens with zero attached hydrogens (tertiary/aromatic N) is 4. The summed E-state index contributed by atoms with van der Waals surface area (Å²) in [6.07, 6.45) is 3.52. The number of hydrogen-bond acceptors (Lipinski definition) is 7. The van der Waals surface area contributed by atoms with Gasteiger partial charge in [0.15, 0.2) is 0 Å². The number of aromatic nitrogens is 2. The maximum Gasteiger partial charge on any atom is 0.259 e. The number of nitrogens with one attached hydrogen (secondary N) is 2. The number of halogens is 2. The molecule has 0 spiro atoms. The third-order valence-electron chi connectivity index (χ3n) is 3.76. The predicted molar refractivity (Wildman–Crippen MR) is 106 cm³/mol. The number of hydrogen-bond donors (Lipinski definition) is 2. The number of carbonyl (C=O) groups is 1. The second-order valence-electron chi connectivity index (χ2n) is 5.69. The highest BCUT2D eigenvalue weighted by molar-refractivity contribution is 6.42. The summed E-state index contributed by atoms with van der Waals surface area (Å²) >= 11 is 12.0. The summed E-state index contributed by atoms with van der Waals surface area (Å²) in [4.78, 5) is 20.6. The first-order valence-electron chi connectivity index (χ1n) is 8.23. The monoisotopic (exact) mass is 408 g/mol. The lowest BCUT2D eigenvalue weighted by Crippen LogP contribution is -2.29. The number of methoxy groups -OCH3 is 1. The second-order valence-corrected chi connectivity index (χ2v) is 6.50. The summed E-state index contributed by atoms with van der Waals surface area (Å²) in [7, 11) is 1.62. The van der Waals surface area contributed by atoms with Gasteiger partial charge in [0, 0.05) is 39.0 Å². The van der Waals surface area contributed by atoms with Crippen LogP contribution in [-0.2, 0) is 4.74 Å². The molecule has 2 heterocycles. The zero-order valence-corrected chi connectivity index (χ0v) is 16.1. The maximum atomic E-state index is 12.3. The molecule has 0 unspecified atom stereocenters. The number of carbonyl (C=O) groups excluding carboxylic acids is 1. The number of hydrazone groups is 1. The second kappa shape index (κ2) is 8.98. The quantitative estimate of drug-likeness (QED) is 0.713. The molecule has 0 bridgehead atoms. The average Bonchev–Trinajstić information content (AvgIpc) is 3.13. The fourth-order valence-corrected chi connectivity index (χ4v) is 2.67. The molecule has 1 amide bonds. The molecule has 1 aliphatic rings. The Morgan fingerprint density at radius 1 is 1.26 bits per heavy atom. The Morgan fingerprint density at radius 3 is 2.74 bits per heavy atom. The lowest BCUT2D eigenvalue weighted by Gasteiger charge is -2.13. The molecule has 142 valence electrons. The standard InChI is InChI=1S/C17H18Cl2N6O2/c1-27-7-5-20-17-21-9-11(10-22-17)16(26)23-15-4-6-25(24-15)12-2-3-13(18)14(19)8-12/h2-3,8-10H,4-7H2,1H3,(H,20,21,22)(H,23,24,26). The van der Waals surface area contributed by atoms with Gasteiger partial charge < -0.3 is 15.4 Å². The highest BCUT2D eigenvalue weighted by Crippen LogP contribution is 2.28. The first kappa shape index (κ1) is 19.3. The number of amidine groups is 1. The van der Waals surface area contributed by atoms with Crippen molar-refractivity contribution in [3.8, 4) is 0 Å². The van der Waals surface area contributed by atoms with Crippen molar-refractivity contribution in [3.05, 3.63) is 46.2 Å². The van der Waals surface area contributed by atoms with Gasteiger partial charge in [0.05, 0.1) is 27.9 Å². The molecule has 1 aromatic heterocycles. The van der Waals surface area contributed by atoms with Gasteiger partial charge in [-0.25, -0.2) is 9.97 Å². The molecule has 0 radical (unpaired) electrons. The highest BCUT2D eigenvalue weighted by atomic mass is 35.5. The smallest absolute Gasteiger partial charge is 0.259 e. The van der Waals surface area contributed by atoms with E-state index in [1.807, 2.05) is 6.07 Å². The van der Waals surface area contributed by atoms with Gasteiger partial charge in [0.1, 0.15) is 5.84 Å². The molecular formula is C17H18Cl2N6O2. The van der Waals surface area contributed by atoms with Gasteiger partial charge in [0.25, 0.3) is 5.91 Å². The lowest BCUT2D eigenvalue weighted by molar-refractivity contribution is 0.0976. The molecule has 0 saturated heterocycles. The molecule has 0 fully saturated rings. The van der Waals surface area contributed by atoms with Crippen LogP contribution in [0.4, 0.5) is 11.6 Å². The SMILES string of the molecule is COCCNc1ncc(C(=O)NC2=NN(c3ccc(Cl)c(Cl)c3)CC2)cn1. The van der Waals surface area contributed by atoms with Crippen molar-refractivity contribution in [1.29, 1.82) is 0 Å². The predicted octanol–water partition coefficient (Wildman–Crippen LogP) is 2.80. The van der Waals surface area contributed by atoms with E-state index in [0.717, 1.165) is 5.69 Å². The van der Waals surface area contributed by atoms with Gasteiger partial charge in [-0.3, -0.25) is 9.80 Å². The summed E-state index contributed by atoms with van der Waals surface area (Å²) in [5.74, 6) is 0.689. The third-order valence-corrected chi connectivity index (χ3v) is 4.50.